The van der Waals surface area contributed by atoms with Crippen LogP contribution in [0.25, 0.3) is 0 Å². The number of benzene rings is 2. The summed E-state index contributed by atoms with van der Waals surface area (Å²) in [6, 6.07) is 11.9. The molecule has 0 spiro atoms. The predicted octanol–water partition coefficient (Wildman–Crippen LogP) is 4.23. The first kappa shape index (κ1) is 16.0. The number of phenolic OH excluding ortho intramolecular Hbond substituents is 1. The highest BCUT2D eigenvalue weighted by atomic mass is 35.5. The van der Waals surface area contributed by atoms with E-state index in [2.05, 4.69) is 5.32 Å². The summed E-state index contributed by atoms with van der Waals surface area (Å²) >= 11 is 11.4. The van der Waals surface area contributed by atoms with E-state index in [1.165, 1.54) is 12.1 Å². The summed E-state index contributed by atoms with van der Waals surface area (Å²) in [4.78, 5) is 1.81. The average molecular weight is 351 g/mol. The van der Waals surface area contributed by atoms with Crippen LogP contribution in [0.2, 0.25) is 5.02 Å². The standard InChI is InChI=1S/C17H16ClFN2OS/c18-14-9-13(7-8-15(14)19)21(17(23)20-12-5-6-12)10-11-3-1-2-4-16(11)22/h1-4,7-9,12,22H,5-6,10H2,(H,20,23). The molecular weight excluding hydrogens is 335 g/mol. The van der Waals surface area contributed by atoms with Gasteiger partial charge in [0.05, 0.1) is 11.6 Å². The summed E-state index contributed by atoms with van der Waals surface area (Å²) in [5, 5.41) is 13.9. The number of hydrogen-bond donors (Lipinski definition) is 2. The fourth-order valence-electron chi connectivity index (χ4n) is 2.23. The van der Waals surface area contributed by atoms with Crippen LogP contribution in [0.3, 0.4) is 0 Å². The van der Waals surface area contributed by atoms with Crippen molar-refractivity contribution in [2.75, 3.05) is 4.90 Å². The van der Waals surface area contributed by atoms with Gasteiger partial charge in [0.25, 0.3) is 0 Å². The fourth-order valence-corrected chi connectivity index (χ4v) is 2.74. The second-order valence-electron chi connectivity index (χ2n) is 5.54. The lowest BCUT2D eigenvalue weighted by Gasteiger charge is -2.26. The Morgan fingerprint density at radius 3 is 2.70 bits per heavy atom. The second-order valence-corrected chi connectivity index (χ2v) is 6.33. The monoisotopic (exact) mass is 350 g/mol. The lowest BCUT2D eigenvalue weighted by molar-refractivity contribution is 0.468. The Morgan fingerprint density at radius 2 is 2.04 bits per heavy atom. The lowest BCUT2D eigenvalue weighted by atomic mass is 10.1. The average Bonchev–Trinajstić information content (AvgIpc) is 3.33. The Labute approximate surface area is 144 Å². The molecule has 23 heavy (non-hydrogen) atoms. The van der Waals surface area contributed by atoms with E-state index < -0.39 is 5.82 Å². The van der Waals surface area contributed by atoms with E-state index in [1.54, 1.807) is 18.2 Å². The molecule has 1 aliphatic carbocycles. The number of para-hydroxylation sites is 1. The van der Waals surface area contributed by atoms with Gasteiger partial charge < -0.3 is 15.3 Å². The minimum absolute atomic E-state index is 0.0407. The van der Waals surface area contributed by atoms with Crippen LogP contribution in [0.1, 0.15) is 18.4 Å². The molecule has 0 amide bonds. The molecule has 0 heterocycles. The van der Waals surface area contributed by atoms with Crippen LogP contribution in [-0.2, 0) is 6.54 Å². The van der Waals surface area contributed by atoms with Gasteiger partial charge in [-0.15, -0.1) is 0 Å². The molecule has 0 saturated heterocycles. The Bertz CT molecular complexity index is 736. The number of thiocarbonyl (C=S) groups is 1. The lowest BCUT2D eigenvalue weighted by Crippen LogP contribution is -2.40. The summed E-state index contributed by atoms with van der Waals surface area (Å²) in [7, 11) is 0. The van der Waals surface area contributed by atoms with Crippen molar-refractivity contribution in [3.8, 4) is 5.75 Å². The third-order valence-corrected chi connectivity index (χ3v) is 4.31. The third-order valence-electron chi connectivity index (χ3n) is 3.69. The van der Waals surface area contributed by atoms with Crippen molar-refractivity contribution in [1.82, 2.24) is 5.32 Å². The summed E-state index contributed by atoms with van der Waals surface area (Å²) in [5.41, 5.74) is 1.41. The minimum Gasteiger partial charge on any atom is -0.508 e. The SMILES string of the molecule is Oc1ccccc1CN(C(=S)NC1CC1)c1ccc(F)c(Cl)c1. The van der Waals surface area contributed by atoms with E-state index in [-0.39, 0.29) is 10.8 Å². The zero-order valence-corrected chi connectivity index (χ0v) is 13.9. The van der Waals surface area contributed by atoms with Crippen molar-refractivity contribution >= 4 is 34.6 Å². The van der Waals surface area contributed by atoms with Gasteiger partial charge in [0, 0.05) is 17.3 Å². The van der Waals surface area contributed by atoms with E-state index in [1.807, 2.05) is 17.0 Å². The first-order valence-corrected chi connectivity index (χ1v) is 8.13. The molecule has 0 radical (unpaired) electrons. The third kappa shape index (κ3) is 3.92. The molecule has 2 aromatic rings. The molecule has 0 aliphatic heterocycles. The molecule has 1 aliphatic rings. The van der Waals surface area contributed by atoms with Gasteiger partial charge in [0.15, 0.2) is 5.11 Å². The number of hydrogen-bond acceptors (Lipinski definition) is 2. The number of anilines is 1. The largest absolute Gasteiger partial charge is 0.508 e. The van der Waals surface area contributed by atoms with Crippen LogP contribution in [-0.4, -0.2) is 16.3 Å². The highest BCUT2D eigenvalue weighted by molar-refractivity contribution is 7.80. The van der Waals surface area contributed by atoms with E-state index in [0.29, 0.717) is 23.4 Å². The number of nitrogens with zero attached hydrogens (tertiary/aromatic N) is 1. The molecule has 0 atom stereocenters. The Hall–Kier alpha value is -1.85. The number of rotatable bonds is 4. The zero-order chi connectivity index (χ0) is 16.4. The summed E-state index contributed by atoms with van der Waals surface area (Å²) < 4.78 is 13.4. The second kappa shape index (κ2) is 6.72. The number of nitrogens with one attached hydrogen (secondary N) is 1. The van der Waals surface area contributed by atoms with E-state index >= 15 is 0 Å². The molecule has 2 N–H and O–H groups in total. The number of aromatic hydroxyl groups is 1. The quantitative estimate of drug-likeness (QED) is 0.809. The molecule has 3 rings (SSSR count). The molecular formula is C17H16ClFN2OS. The van der Waals surface area contributed by atoms with E-state index in [0.717, 1.165) is 18.4 Å². The maximum Gasteiger partial charge on any atom is 0.173 e. The first-order valence-electron chi connectivity index (χ1n) is 7.34. The molecule has 0 unspecified atom stereocenters. The van der Waals surface area contributed by atoms with Gasteiger partial charge in [-0.1, -0.05) is 29.8 Å². The van der Waals surface area contributed by atoms with Crippen molar-refractivity contribution in [3.05, 3.63) is 58.9 Å². The Balaban J connectivity index is 1.90. The minimum atomic E-state index is -0.473. The van der Waals surface area contributed by atoms with Crippen molar-refractivity contribution in [2.24, 2.45) is 0 Å². The maximum atomic E-state index is 13.4. The summed E-state index contributed by atoms with van der Waals surface area (Å²) in [6.45, 7) is 0.368. The van der Waals surface area contributed by atoms with Gasteiger partial charge in [-0.2, -0.15) is 0 Å². The van der Waals surface area contributed by atoms with Crippen molar-refractivity contribution in [1.29, 1.82) is 0 Å². The molecule has 1 fully saturated rings. The molecule has 120 valence electrons. The summed E-state index contributed by atoms with van der Waals surface area (Å²) in [6.07, 6.45) is 2.18. The van der Waals surface area contributed by atoms with Gasteiger partial charge in [-0.25, -0.2) is 4.39 Å². The van der Waals surface area contributed by atoms with Crippen molar-refractivity contribution in [3.63, 3.8) is 0 Å². The van der Waals surface area contributed by atoms with Crippen molar-refractivity contribution in [2.45, 2.75) is 25.4 Å². The van der Waals surface area contributed by atoms with Crippen LogP contribution < -0.4 is 10.2 Å². The smallest absolute Gasteiger partial charge is 0.173 e. The van der Waals surface area contributed by atoms with Crippen LogP contribution in [0, 0.1) is 5.82 Å². The van der Waals surface area contributed by atoms with Gasteiger partial charge in [-0.05, 0) is 49.3 Å². The van der Waals surface area contributed by atoms with Crippen LogP contribution in [0.15, 0.2) is 42.5 Å². The molecule has 6 heteroatoms. The maximum absolute atomic E-state index is 13.4. The van der Waals surface area contributed by atoms with Gasteiger partial charge in [-0.3, -0.25) is 0 Å². The molecule has 2 aromatic carbocycles. The molecule has 0 aromatic heterocycles. The van der Waals surface area contributed by atoms with E-state index in [4.69, 9.17) is 23.8 Å². The van der Waals surface area contributed by atoms with Crippen LogP contribution in [0.4, 0.5) is 10.1 Å². The highest BCUT2D eigenvalue weighted by Crippen LogP contribution is 2.27. The molecule has 3 nitrogen and oxygen atoms in total. The van der Waals surface area contributed by atoms with Gasteiger partial charge in [0.2, 0.25) is 0 Å². The zero-order valence-electron chi connectivity index (χ0n) is 12.3. The Morgan fingerprint density at radius 1 is 1.30 bits per heavy atom. The summed E-state index contributed by atoms with van der Waals surface area (Å²) in [5.74, 6) is -0.279. The fraction of sp³-hybridized carbons (Fsp3) is 0.235. The van der Waals surface area contributed by atoms with Gasteiger partial charge in [0.1, 0.15) is 11.6 Å². The normalized spacial score (nSPS) is 13.7. The Kier molecular flexibility index (Phi) is 4.68. The number of halogens is 2. The number of phenols is 1. The highest BCUT2D eigenvalue weighted by Gasteiger charge is 2.25. The molecule has 0 bridgehead atoms. The van der Waals surface area contributed by atoms with E-state index in [9.17, 15) is 9.50 Å². The molecule has 1 saturated carbocycles. The first-order chi connectivity index (χ1) is 11.0. The van der Waals surface area contributed by atoms with Crippen LogP contribution >= 0.6 is 23.8 Å². The van der Waals surface area contributed by atoms with Crippen molar-refractivity contribution < 1.29 is 9.50 Å². The van der Waals surface area contributed by atoms with Gasteiger partial charge >= 0.3 is 0 Å². The predicted molar refractivity (Wildman–Crippen MR) is 94.5 cm³/mol. The topological polar surface area (TPSA) is 35.5 Å². The van der Waals surface area contributed by atoms with Crippen LogP contribution in [0.5, 0.6) is 5.75 Å².